The van der Waals surface area contributed by atoms with Crippen molar-refractivity contribution in [2.45, 2.75) is 5.92 Å². The summed E-state index contributed by atoms with van der Waals surface area (Å²) in [5, 5.41) is 2.38. The molecule has 1 heterocycles. The zero-order valence-electron chi connectivity index (χ0n) is 23.4. The fourth-order valence-corrected chi connectivity index (χ4v) is 7.03. The van der Waals surface area contributed by atoms with Gasteiger partial charge >= 0.3 is 0 Å². The molecule has 1 aromatic heterocycles. The Bertz CT molecular complexity index is 2220. The van der Waals surface area contributed by atoms with Gasteiger partial charge in [0, 0.05) is 22.2 Å². The number of para-hydroxylation sites is 1. The highest BCUT2D eigenvalue weighted by Crippen LogP contribution is 2.54. The molecule has 0 amide bonds. The highest BCUT2D eigenvalue weighted by atomic mass is 14.7. The smallest absolute Gasteiger partial charge is 0.113 e. The molecule has 0 saturated heterocycles. The molecule has 10 radical (unpaired) electrons. The Morgan fingerprint density at radius 2 is 1.07 bits per heavy atom. The van der Waals surface area contributed by atoms with Crippen molar-refractivity contribution >= 4 is 88.4 Å². The standard InChI is InChI=1S/C37H20B5N/c38-32-31(33(39)35(41)36(42)34(32)40)26-15-8-14-20(19-9-2-1-3-10-19)28(26)29-23-13-5-4-11-21(23)24-17-18-25-22-12-6-7-16-27(22)43-37(25)30(24)29/h1-18,29,43H. The van der Waals surface area contributed by atoms with Crippen LogP contribution in [0.3, 0.4) is 0 Å². The van der Waals surface area contributed by atoms with Gasteiger partial charge in [-0.25, -0.2) is 0 Å². The molecule has 6 aromatic carbocycles. The summed E-state index contributed by atoms with van der Waals surface area (Å²) < 4.78 is 0. The Morgan fingerprint density at radius 1 is 0.442 bits per heavy atom. The van der Waals surface area contributed by atoms with E-state index in [4.69, 9.17) is 39.2 Å². The number of rotatable bonds is 3. The number of aromatic amines is 1. The van der Waals surface area contributed by atoms with Gasteiger partial charge in [0.1, 0.15) is 39.2 Å². The lowest BCUT2D eigenvalue weighted by Crippen LogP contribution is -2.55. The van der Waals surface area contributed by atoms with Crippen molar-refractivity contribution in [1.29, 1.82) is 0 Å². The average Bonchev–Trinajstić information content (AvgIpc) is 3.59. The molecule has 1 aliphatic carbocycles. The molecule has 0 aliphatic heterocycles. The first-order valence-electron chi connectivity index (χ1n) is 14.3. The third-order valence-corrected chi connectivity index (χ3v) is 9.02. The molecule has 43 heavy (non-hydrogen) atoms. The Labute approximate surface area is 257 Å². The molecule has 1 nitrogen and oxygen atoms in total. The Hall–Kier alpha value is -4.56. The van der Waals surface area contributed by atoms with Gasteiger partial charge in [0.25, 0.3) is 0 Å². The summed E-state index contributed by atoms with van der Waals surface area (Å²) in [7, 11) is 32.5. The largest absolute Gasteiger partial charge is 0.354 e. The molecule has 7 aromatic rings. The average molecular weight is 533 g/mol. The molecule has 1 atom stereocenters. The van der Waals surface area contributed by atoms with E-state index in [2.05, 4.69) is 102 Å². The van der Waals surface area contributed by atoms with Gasteiger partial charge in [0.05, 0.1) is 5.52 Å². The quantitative estimate of drug-likeness (QED) is 0.334. The second kappa shape index (κ2) is 9.74. The van der Waals surface area contributed by atoms with E-state index in [-0.39, 0.29) is 22.3 Å². The van der Waals surface area contributed by atoms with Crippen LogP contribution < -0.4 is 27.3 Å². The number of fused-ring (bicyclic) bond motifs is 7. The van der Waals surface area contributed by atoms with E-state index in [0.717, 1.165) is 33.3 Å². The van der Waals surface area contributed by atoms with E-state index in [9.17, 15) is 0 Å². The molecule has 0 spiro atoms. The van der Waals surface area contributed by atoms with E-state index in [0.29, 0.717) is 16.5 Å². The second-order valence-corrected chi connectivity index (χ2v) is 11.2. The van der Waals surface area contributed by atoms with Gasteiger partial charge in [-0.3, -0.25) is 0 Å². The predicted octanol–water partition coefficient (Wildman–Crippen LogP) is 3.78. The van der Waals surface area contributed by atoms with Crippen LogP contribution in [0.25, 0.3) is 55.2 Å². The first kappa shape index (κ1) is 26.1. The maximum atomic E-state index is 6.73. The summed E-state index contributed by atoms with van der Waals surface area (Å²) in [4.78, 5) is 3.77. The lowest BCUT2D eigenvalue weighted by atomic mass is 9.59. The van der Waals surface area contributed by atoms with Crippen LogP contribution in [0.2, 0.25) is 0 Å². The number of H-pyrrole nitrogens is 1. The molecule has 1 N–H and O–H groups in total. The van der Waals surface area contributed by atoms with Gasteiger partial charge in [0.2, 0.25) is 0 Å². The van der Waals surface area contributed by atoms with Crippen molar-refractivity contribution in [2.24, 2.45) is 0 Å². The van der Waals surface area contributed by atoms with Crippen molar-refractivity contribution < 1.29 is 0 Å². The van der Waals surface area contributed by atoms with Crippen molar-refractivity contribution in [1.82, 2.24) is 4.98 Å². The number of hydrogen-bond donors (Lipinski definition) is 1. The minimum atomic E-state index is -0.145. The van der Waals surface area contributed by atoms with Crippen molar-refractivity contribution in [2.75, 3.05) is 0 Å². The lowest BCUT2D eigenvalue weighted by molar-refractivity contribution is 1.03. The SMILES string of the molecule is [B]c1c([B])c([B])c(-c2cccc(-c3ccccc3)c2C2c3ccccc3-c3ccc4c([nH]c5ccccc54)c32)c([B])c1[B]. The molecular weight excluding hydrogens is 512 g/mol. The first-order chi connectivity index (χ1) is 21.0. The molecule has 1 unspecified atom stereocenters. The minimum absolute atomic E-state index is 0.145. The summed E-state index contributed by atoms with van der Waals surface area (Å²) in [5.41, 5.74) is 13.1. The normalized spacial score (nSPS) is 13.8. The molecular formula is C37H20B5N. The Kier molecular flexibility index (Phi) is 5.91. The third-order valence-electron chi connectivity index (χ3n) is 9.02. The predicted molar refractivity (Wildman–Crippen MR) is 186 cm³/mol. The van der Waals surface area contributed by atoms with Crippen molar-refractivity contribution in [3.63, 3.8) is 0 Å². The summed E-state index contributed by atoms with van der Waals surface area (Å²) in [6, 6.07) is 38.2. The van der Waals surface area contributed by atoms with E-state index in [1.165, 1.54) is 33.0 Å². The molecule has 0 bridgehead atoms. The van der Waals surface area contributed by atoms with Crippen LogP contribution in [-0.2, 0) is 0 Å². The van der Waals surface area contributed by atoms with E-state index in [1.54, 1.807) is 0 Å². The first-order valence-corrected chi connectivity index (χ1v) is 14.3. The summed E-state index contributed by atoms with van der Waals surface area (Å²) in [6.45, 7) is 0. The van der Waals surface area contributed by atoms with Crippen LogP contribution in [0.15, 0.2) is 109 Å². The van der Waals surface area contributed by atoms with Crippen LogP contribution in [0, 0.1) is 0 Å². The summed E-state index contributed by atoms with van der Waals surface area (Å²) in [5.74, 6) is -0.145. The molecule has 0 saturated carbocycles. The molecule has 8 rings (SSSR count). The van der Waals surface area contributed by atoms with Gasteiger partial charge in [-0.2, -0.15) is 0 Å². The molecule has 1 aliphatic rings. The maximum Gasteiger partial charge on any atom is 0.113 e. The van der Waals surface area contributed by atoms with Crippen LogP contribution in [0.4, 0.5) is 0 Å². The van der Waals surface area contributed by atoms with Crippen LogP contribution >= 0.6 is 0 Å². The lowest BCUT2D eigenvalue weighted by Gasteiger charge is -2.27. The number of aromatic nitrogens is 1. The van der Waals surface area contributed by atoms with Gasteiger partial charge in [-0.05, 0) is 56.1 Å². The van der Waals surface area contributed by atoms with Crippen molar-refractivity contribution in [3.05, 3.63) is 126 Å². The van der Waals surface area contributed by atoms with Gasteiger partial charge in [-0.15, -0.1) is 16.4 Å². The molecule has 6 heteroatoms. The maximum absolute atomic E-state index is 6.73. The molecule has 188 valence electrons. The van der Waals surface area contributed by atoms with Crippen LogP contribution in [-0.4, -0.2) is 44.2 Å². The second-order valence-electron chi connectivity index (χ2n) is 11.2. The zero-order chi connectivity index (χ0) is 29.4. The van der Waals surface area contributed by atoms with Gasteiger partial charge in [0.15, 0.2) is 0 Å². The summed E-state index contributed by atoms with van der Waals surface area (Å²) >= 11 is 0. The van der Waals surface area contributed by atoms with Crippen LogP contribution in [0.5, 0.6) is 0 Å². The van der Waals surface area contributed by atoms with E-state index >= 15 is 0 Å². The van der Waals surface area contributed by atoms with Gasteiger partial charge < -0.3 is 4.98 Å². The zero-order valence-corrected chi connectivity index (χ0v) is 23.4. The van der Waals surface area contributed by atoms with Gasteiger partial charge in [-0.1, -0.05) is 114 Å². The number of nitrogens with one attached hydrogen (secondary N) is 1. The molecule has 0 fully saturated rings. The number of benzene rings is 6. The minimum Gasteiger partial charge on any atom is -0.354 e. The highest BCUT2D eigenvalue weighted by Gasteiger charge is 2.36. The Balaban J connectivity index is 1.55. The monoisotopic (exact) mass is 533 g/mol. The van der Waals surface area contributed by atoms with E-state index < -0.39 is 0 Å². The fraction of sp³-hybridized carbons (Fsp3) is 0.0270. The van der Waals surface area contributed by atoms with Crippen LogP contribution in [0.1, 0.15) is 22.6 Å². The van der Waals surface area contributed by atoms with Crippen molar-refractivity contribution in [3.8, 4) is 33.4 Å². The number of hydrogen-bond acceptors (Lipinski definition) is 0. The van der Waals surface area contributed by atoms with E-state index in [1.807, 2.05) is 12.1 Å². The fourth-order valence-electron chi connectivity index (χ4n) is 7.03. The third kappa shape index (κ3) is 3.72. The summed E-state index contributed by atoms with van der Waals surface area (Å²) in [6.07, 6.45) is 0. The Morgan fingerprint density at radius 3 is 1.86 bits per heavy atom. The topological polar surface area (TPSA) is 15.8 Å². The highest BCUT2D eigenvalue weighted by molar-refractivity contribution is 6.68.